The Bertz CT molecular complexity index is 1070. The minimum atomic E-state index is -1.04. The maximum Gasteiger partial charge on any atom is 0.257 e. The standard InChI is InChI=1S/C22H23FN6O4/c23-16-4-1-3-14(9-16)21(32)28-7-8-29(22(33)15-10-24-13-25-11-15)18(12-28)20(31)27-17-5-2-6-26-19(17)30/h1,3-4,9-11,13,17-18H,2,5-8,12H2,(H,26,30)(H,27,31)/t17-,18-/m1/s1. The summed E-state index contributed by atoms with van der Waals surface area (Å²) in [6.07, 6.45) is 5.19. The van der Waals surface area contributed by atoms with Crippen molar-refractivity contribution in [3.8, 4) is 0 Å². The van der Waals surface area contributed by atoms with Gasteiger partial charge in [-0.3, -0.25) is 19.2 Å². The topological polar surface area (TPSA) is 125 Å². The molecule has 2 atom stereocenters. The molecule has 0 unspecified atom stereocenters. The van der Waals surface area contributed by atoms with Gasteiger partial charge in [0.1, 0.15) is 24.2 Å². The first kappa shape index (κ1) is 22.3. The van der Waals surface area contributed by atoms with Crippen LogP contribution in [-0.4, -0.2) is 81.7 Å². The number of halogens is 1. The van der Waals surface area contributed by atoms with E-state index in [0.29, 0.717) is 13.0 Å². The van der Waals surface area contributed by atoms with Gasteiger partial charge in [0.2, 0.25) is 11.8 Å². The number of rotatable bonds is 4. The van der Waals surface area contributed by atoms with Crippen molar-refractivity contribution >= 4 is 23.6 Å². The van der Waals surface area contributed by atoms with E-state index in [1.165, 1.54) is 46.7 Å². The first-order valence-electron chi connectivity index (χ1n) is 10.6. The predicted molar refractivity (Wildman–Crippen MR) is 113 cm³/mol. The molecule has 11 heteroatoms. The Hall–Kier alpha value is -3.89. The summed E-state index contributed by atoms with van der Waals surface area (Å²) in [5.74, 6) is -2.28. The minimum absolute atomic E-state index is 0.0731. The molecule has 33 heavy (non-hydrogen) atoms. The van der Waals surface area contributed by atoms with Gasteiger partial charge in [-0.2, -0.15) is 0 Å². The highest BCUT2D eigenvalue weighted by atomic mass is 19.1. The zero-order chi connectivity index (χ0) is 23.4. The van der Waals surface area contributed by atoms with Crippen LogP contribution in [0.4, 0.5) is 4.39 Å². The van der Waals surface area contributed by atoms with Crippen molar-refractivity contribution in [1.29, 1.82) is 0 Å². The second-order valence-corrected chi connectivity index (χ2v) is 7.90. The molecule has 2 aliphatic heterocycles. The van der Waals surface area contributed by atoms with Crippen LogP contribution in [0.2, 0.25) is 0 Å². The monoisotopic (exact) mass is 454 g/mol. The molecule has 2 N–H and O–H groups in total. The molecule has 0 bridgehead atoms. The van der Waals surface area contributed by atoms with Crippen LogP contribution in [0.25, 0.3) is 0 Å². The van der Waals surface area contributed by atoms with Crippen LogP contribution < -0.4 is 10.6 Å². The molecule has 2 aromatic rings. The number of nitrogens with zero attached hydrogens (tertiary/aromatic N) is 4. The lowest BCUT2D eigenvalue weighted by atomic mass is 10.0. The highest BCUT2D eigenvalue weighted by Gasteiger charge is 2.39. The summed E-state index contributed by atoms with van der Waals surface area (Å²) < 4.78 is 13.6. The number of benzene rings is 1. The fourth-order valence-electron chi connectivity index (χ4n) is 3.99. The molecule has 0 spiro atoms. The first-order valence-corrected chi connectivity index (χ1v) is 10.6. The normalized spacial score (nSPS) is 20.7. The molecule has 0 saturated carbocycles. The van der Waals surface area contributed by atoms with E-state index in [1.807, 2.05) is 0 Å². The Morgan fingerprint density at radius 1 is 1.09 bits per heavy atom. The van der Waals surface area contributed by atoms with E-state index in [4.69, 9.17) is 0 Å². The zero-order valence-corrected chi connectivity index (χ0v) is 17.7. The average Bonchev–Trinajstić information content (AvgIpc) is 2.84. The lowest BCUT2D eigenvalue weighted by molar-refractivity contribution is -0.133. The van der Waals surface area contributed by atoms with Crippen LogP contribution in [0.1, 0.15) is 33.6 Å². The van der Waals surface area contributed by atoms with Gasteiger partial charge < -0.3 is 20.4 Å². The molecular formula is C22H23FN6O4. The molecule has 3 heterocycles. The Labute approximate surface area is 189 Å². The van der Waals surface area contributed by atoms with Crippen molar-refractivity contribution < 1.29 is 23.6 Å². The Kier molecular flexibility index (Phi) is 6.57. The summed E-state index contributed by atoms with van der Waals surface area (Å²) in [4.78, 5) is 61.8. The quantitative estimate of drug-likeness (QED) is 0.669. The van der Waals surface area contributed by atoms with E-state index in [9.17, 15) is 23.6 Å². The number of amides is 4. The highest BCUT2D eigenvalue weighted by molar-refractivity contribution is 5.99. The average molecular weight is 454 g/mol. The summed E-state index contributed by atoms with van der Waals surface area (Å²) in [6.45, 7) is 0.671. The van der Waals surface area contributed by atoms with Gasteiger partial charge in [-0.25, -0.2) is 14.4 Å². The predicted octanol–water partition coefficient (Wildman–Crippen LogP) is -0.0227. The largest absolute Gasteiger partial charge is 0.354 e. The van der Waals surface area contributed by atoms with E-state index in [2.05, 4.69) is 20.6 Å². The zero-order valence-electron chi connectivity index (χ0n) is 17.7. The van der Waals surface area contributed by atoms with Crippen molar-refractivity contribution in [2.45, 2.75) is 24.9 Å². The van der Waals surface area contributed by atoms with Gasteiger partial charge in [0.15, 0.2) is 0 Å². The molecule has 2 saturated heterocycles. The van der Waals surface area contributed by atoms with Gasteiger partial charge in [0.05, 0.1) is 12.1 Å². The van der Waals surface area contributed by atoms with Gasteiger partial charge in [0, 0.05) is 37.6 Å². The van der Waals surface area contributed by atoms with Gasteiger partial charge in [-0.05, 0) is 31.0 Å². The second-order valence-electron chi connectivity index (χ2n) is 7.90. The molecule has 172 valence electrons. The van der Waals surface area contributed by atoms with Gasteiger partial charge in [-0.15, -0.1) is 0 Å². The van der Waals surface area contributed by atoms with Gasteiger partial charge in [-0.1, -0.05) is 6.07 Å². The fraction of sp³-hybridized carbons (Fsp3) is 0.364. The Balaban J connectivity index is 1.56. The van der Waals surface area contributed by atoms with Crippen molar-refractivity contribution in [2.24, 2.45) is 0 Å². The third kappa shape index (κ3) is 4.97. The molecule has 1 aromatic heterocycles. The van der Waals surface area contributed by atoms with E-state index < -0.39 is 35.6 Å². The highest BCUT2D eigenvalue weighted by Crippen LogP contribution is 2.18. The van der Waals surface area contributed by atoms with Crippen LogP contribution in [0.15, 0.2) is 43.0 Å². The Morgan fingerprint density at radius 2 is 1.88 bits per heavy atom. The smallest absolute Gasteiger partial charge is 0.257 e. The molecule has 0 aliphatic carbocycles. The summed E-state index contributed by atoms with van der Waals surface area (Å²) in [6, 6.07) is 3.54. The molecule has 1 aromatic carbocycles. The maximum atomic E-state index is 13.6. The number of aromatic nitrogens is 2. The number of hydrogen-bond acceptors (Lipinski definition) is 6. The SMILES string of the molecule is O=C(N[C@@H]1CCCNC1=O)[C@H]1CN(C(=O)c2cccc(F)c2)CCN1C(=O)c1cncnc1. The number of piperidine rings is 1. The summed E-state index contributed by atoms with van der Waals surface area (Å²) >= 11 is 0. The summed E-state index contributed by atoms with van der Waals surface area (Å²) in [5, 5.41) is 5.41. The van der Waals surface area contributed by atoms with E-state index in [-0.39, 0.29) is 36.7 Å². The van der Waals surface area contributed by atoms with E-state index in [0.717, 1.165) is 12.5 Å². The van der Waals surface area contributed by atoms with Crippen LogP contribution in [0.3, 0.4) is 0 Å². The third-order valence-electron chi connectivity index (χ3n) is 5.71. The molecule has 0 radical (unpaired) electrons. The van der Waals surface area contributed by atoms with Crippen LogP contribution in [0.5, 0.6) is 0 Å². The van der Waals surface area contributed by atoms with Gasteiger partial charge in [0.25, 0.3) is 11.8 Å². The van der Waals surface area contributed by atoms with Crippen molar-refractivity contribution in [3.63, 3.8) is 0 Å². The first-order chi connectivity index (χ1) is 15.9. The van der Waals surface area contributed by atoms with Crippen molar-refractivity contribution in [3.05, 3.63) is 59.9 Å². The third-order valence-corrected chi connectivity index (χ3v) is 5.71. The number of nitrogens with one attached hydrogen (secondary N) is 2. The number of piperazine rings is 1. The van der Waals surface area contributed by atoms with E-state index >= 15 is 0 Å². The van der Waals surface area contributed by atoms with Crippen molar-refractivity contribution in [1.82, 2.24) is 30.4 Å². The summed E-state index contributed by atoms with van der Waals surface area (Å²) in [7, 11) is 0. The van der Waals surface area contributed by atoms with E-state index in [1.54, 1.807) is 0 Å². The molecule has 10 nitrogen and oxygen atoms in total. The maximum absolute atomic E-state index is 13.6. The summed E-state index contributed by atoms with van der Waals surface area (Å²) in [5.41, 5.74) is 0.354. The minimum Gasteiger partial charge on any atom is -0.354 e. The van der Waals surface area contributed by atoms with Crippen LogP contribution in [-0.2, 0) is 9.59 Å². The number of carbonyl (C=O) groups is 4. The molecular weight excluding hydrogens is 431 g/mol. The lowest BCUT2D eigenvalue weighted by Crippen LogP contribution is -2.63. The molecule has 2 aliphatic rings. The molecule has 4 amide bonds. The number of hydrogen-bond donors (Lipinski definition) is 2. The second kappa shape index (κ2) is 9.72. The lowest BCUT2D eigenvalue weighted by Gasteiger charge is -2.41. The van der Waals surface area contributed by atoms with Gasteiger partial charge >= 0.3 is 0 Å². The van der Waals surface area contributed by atoms with Crippen molar-refractivity contribution in [2.75, 3.05) is 26.2 Å². The van der Waals surface area contributed by atoms with Crippen LogP contribution in [0, 0.1) is 5.82 Å². The molecule has 2 fully saturated rings. The number of carbonyl (C=O) groups excluding carboxylic acids is 4. The Morgan fingerprint density at radius 3 is 2.61 bits per heavy atom. The molecule has 4 rings (SSSR count). The fourth-order valence-corrected chi connectivity index (χ4v) is 3.99. The van der Waals surface area contributed by atoms with Crippen LogP contribution >= 0.6 is 0 Å².